The number of methoxy groups -OCH3 is 2. The van der Waals surface area contributed by atoms with Gasteiger partial charge in [0.2, 0.25) is 0 Å². The van der Waals surface area contributed by atoms with E-state index in [-0.39, 0.29) is 10.0 Å². The zero-order valence-electron chi connectivity index (χ0n) is 12.1. The van der Waals surface area contributed by atoms with Crippen molar-refractivity contribution >= 4 is 29.5 Å². The predicted molar refractivity (Wildman–Crippen MR) is 85.6 cm³/mol. The van der Waals surface area contributed by atoms with Gasteiger partial charge in [0.1, 0.15) is 5.75 Å². The van der Waals surface area contributed by atoms with Crippen molar-refractivity contribution in [1.82, 2.24) is 0 Å². The monoisotopic (exact) mass is 312 g/mol. The third kappa shape index (κ3) is 3.26. The highest BCUT2D eigenvalue weighted by molar-refractivity contribution is 8.20. The molecule has 110 valence electrons. The van der Waals surface area contributed by atoms with E-state index in [2.05, 4.69) is 19.1 Å². The van der Waals surface area contributed by atoms with Gasteiger partial charge in [-0.3, -0.25) is 4.79 Å². The van der Waals surface area contributed by atoms with Crippen LogP contribution in [0.4, 0.5) is 0 Å². The summed E-state index contributed by atoms with van der Waals surface area (Å²) in [5.41, 5.74) is 2.41. The van der Waals surface area contributed by atoms with Gasteiger partial charge in [-0.25, -0.2) is 0 Å². The van der Waals surface area contributed by atoms with Crippen LogP contribution in [0.2, 0.25) is 0 Å². The summed E-state index contributed by atoms with van der Waals surface area (Å²) in [7, 11) is 3.13. The highest BCUT2D eigenvalue weighted by atomic mass is 32.2. The third-order valence-electron chi connectivity index (χ3n) is 3.47. The number of thioether (sulfide) groups is 2. The van der Waals surface area contributed by atoms with E-state index in [1.807, 2.05) is 29.6 Å². The molecule has 1 aliphatic rings. The highest BCUT2D eigenvalue weighted by Crippen LogP contribution is 2.55. The second kappa shape index (κ2) is 6.76. The van der Waals surface area contributed by atoms with Crippen LogP contribution in [0.5, 0.6) is 5.75 Å². The van der Waals surface area contributed by atoms with Crippen LogP contribution in [-0.4, -0.2) is 31.7 Å². The lowest BCUT2D eigenvalue weighted by atomic mass is 10.0. The predicted octanol–water partition coefficient (Wildman–Crippen LogP) is 3.59. The zero-order valence-corrected chi connectivity index (χ0v) is 13.7. The Morgan fingerprint density at radius 2 is 2.00 bits per heavy atom. The smallest absolute Gasteiger partial charge is 0.305 e. The Bertz CT molecular complexity index is 482. The van der Waals surface area contributed by atoms with Gasteiger partial charge in [0.05, 0.1) is 18.3 Å². The number of carbonyl (C=O) groups excluding carboxylic acids is 1. The number of carbonyl (C=O) groups is 1. The average Bonchev–Trinajstić information content (AvgIpc) is 2.94. The molecule has 0 unspecified atom stereocenters. The van der Waals surface area contributed by atoms with Crippen molar-refractivity contribution in [3.8, 4) is 5.75 Å². The number of esters is 1. The fourth-order valence-electron chi connectivity index (χ4n) is 2.39. The van der Waals surface area contributed by atoms with Gasteiger partial charge in [-0.1, -0.05) is 12.1 Å². The molecule has 0 amide bonds. The van der Waals surface area contributed by atoms with E-state index in [4.69, 9.17) is 9.47 Å². The lowest BCUT2D eigenvalue weighted by molar-refractivity contribution is -0.140. The molecule has 1 aromatic carbocycles. The van der Waals surface area contributed by atoms with E-state index in [0.717, 1.165) is 29.2 Å². The van der Waals surface area contributed by atoms with Gasteiger partial charge in [0, 0.05) is 17.9 Å². The summed E-state index contributed by atoms with van der Waals surface area (Å²) in [4.78, 5) is 11.4. The Hall–Kier alpha value is -0.810. The maximum absolute atomic E-state index is 11.4. The maximum Gasteiger partial charge on any atom is 0.305 e. The molecule has 3 nitrogen and oxygen atoms in total. The number of hydrogen-bond acceptors (Lipinski definition) is 5. The fraction of sp³-hybridized carbons (Fsp3) is 0.533. The minimum Gasteiger partial charge on any atom is -0.496 e. The van der Waals surface area contributed by atoms with Crippen molar-refractivity contribution in [3.05, 3.63) is 29.3 Å². The largest absolute Gasteiger partial charge is 0.496 e. The first-order valence-corrected chi connectivity index (χ1v) is 8.58. The standard InChI is InChI=1S/C15H20O3S2/c1-11-10-12(4-5-13(11)17-2)15(19-8-9-20-15)7-6-14(16)18-3/h4-5,10H,6-9H2,1-3H3. The summed E-state index contributed by atoms with van der Waals surface area (Å²) < 4.78 is 10.1. The van der Waals surface area contributed by atoms with Gasteiger partial charge >= 0.3 is 5.97 Å². The average molecular weight is 312 g/mol. The third-order valence-corrected chi connectivity index (χ3v) is 7.07. The first-order chi connectivity index (χ1) is 9.61. The molecule has 0 aliphatic carbocycles. The topological polar surface area (TPSA) is 35.5 Å². The van der Waals surface area contributed by atoms with Crippen molar-refractivity contribution in [2.24, 2.45) is 0 Å². The second-order valence-electron chi connectivity index (χ2n) is 4.71. The molecule has 0 atom stereocenters. The molecule has 1 fully saturated rings. The van der Waals surface area contributed by atoms with Crippen LogP contribution in [0.15, 0.2) is 18.2 Å². The number of benzene rings is 1. The van der Waals surface area contributed by atoms with Crippen LogP contribution in [0, 0.1) is 6.92 Å². The summed E-state index contributed by atoms with van der Waals surface area (Å²) in [6.07, 6.45) is 1.27. The maximum atomic E-state index is 11.4. The lowest BCUT2D eigenvalue weighted by Gasteiger charge is -2.28. The molecule has 1 saturated heterocycles. The summed E-state index contributed by atoms with van der Waals surface area (Å²) in [5.74, 6) is 3.01. The van der Waals surface area contributed by atoms with E-state index in [9.17, 15) is 4.79 Å². The minimum atomic E-state index is -0.136. The van der Waals surface area contributed by atoms with E-state index >= 15 is 0 Å². The van der Waals surface area contributed by atoms with Gasteiger partial charge in [0.25, 0.3) is 0 Å². The van der Waals surface area contributed by atoms with Crippen molar-refractivity contribution in [2.75, 3.05) is 25.7 Å². The molecular formula is C15H20O3S2. The Morgan fingerprint density at radius 3 is 2.55 bits per heavy atom. The van der Waals surface area contributed by atoms with Crippen LogP contribution in [0.1, 0.15) is 24.0 Å². The molecule has 0 saturated carbocycles. The molecule has 1 aromatic rings. The first kappa shape index (κ1) is 15.6. The Kier molecular flexibility index (Phi) is 5.27. The van der Waals surface area contributed by atoms with Gasteiger partial charge in [-0.15, -0.1) is 23.5 Å². The second-order valence-corrected chi connectivity index (χ2v) is 7.76. The minimum absolute atomic E-state index is 0.0226. The number of hydrogen-bond donors (Lipinski definition) is 0. The van der Waals surface area contributed by atoms with E-state index in [1.165, 1.54) is 12.7 Å². The van der Waals surface area contributed by atoms with E-state index in [0.29, 0.717) is 6.42 Å². The van der Waals surface area contributed by atoms with E-state index < -0.39 is 0 Å². The van der Waals surface area contributed by atoms with Crippen LogP contribution in [0.3, 0.4) is 0 Å². The van der Waals surface area contributed by atoms with Crippen LogP contribution in [-0.2, 0) is 13.6 Å². The molecule has 1 heterocycles. The zero-order chi connectivity index (χ0) is 14.6. The summed E-state index contributed by atoms with van der Waals surface area (Å²) in [6, 6.07) is 6.32. The number of aryl methyl sites for hydroxylation is 1. The molecule has 0 aromatic heterocycles. The van der Waals surface area contributed by atoms with Crippen LogP contribution >= 0.6 is 23.5 Å². The first-order valence-electron chi connectivity index (χ1n) is 6.61. The van der Waals surface area contributed by atoms with Crippen LogP contribution in [0.25, 0.3) is 0 Å². The van der Waals surface area contributed by atoms with Crippen molar-refractivity contribution in [2.45, 2.75) is 23.8 Å². The van der Waals surface area contributed by atoms with Gasteiger partial charge in [0.15, 0.2) is 0 Å². The Balaban J connectivity index is 2.23. The number of ether oxygens (including phenoxy) is 2. The lowest BCUT2D eigenvalue weighted by Crippen LogP contribution is -2.17. The molecule has 0 spiro atoms. The van der Waals surface area contributed by atoms with Gasteiger partial charge in [-0.2, -0.15) is 0 Å². The molecular weight excluding hydrogens is 292 g/mol. The Morgan fingerprint density at radius 1 is 1.30 bits per heavy atom. The molecule has 20 heavy (non-hydrogen) atoms. The summed E-state index contributed by atoms with van der Waals surface area (Å²) in [6.45, 7) is 2.06. The van der Waals surface area contributed by atoms with Gasteiger partial charge in [-0.05, 0) is 30.5 Å². The molecule has 0 bridgehead atoms. The van der Waals surface area contributed by atoms with E-state index in [1.54, 1.807) is 7.11 Å². The molecule has 0 N–H and O–H groups in total. The highest BCUT2D eigenvalue weighted by Gasteiger charge is 2.38. The van der Waals surface area contributed by atoms with Crippen molar-refractivity contribution in [3.63, 3.8) is 0 Å². The SMILES string of the molecule is COC(=O)CCC1(c2ccc(OC)c(C)c2)SCCS1. The normalized spacial score (nSPS) is 16.9. The number of rotatable bonds is 5. The fourth-order valence-corrected chi connectivity index (χ4v) is 5.63. The van der Waals surface area contributed by atoms with Crippen molar-refractivity contribution < 1.29 is 14.3 Å². The molecule has 1 aliphatic heterocycles. The van der Waals surface area contributed by atoms with Crippen molar-refractivity contribution in [1.29, 1.82) is 0 Å². The molecule has 0 radical (unpaired) electrons. The molecule has 5 heteroatoms. The van der Waals surface area contributed by atoms with Crippen LogP contribution < -0.4 is 4.74 Å². The summed E-state index contributed by atoms with van der Waals surface area (Å²) in [5, 5.41) is 0. The quantitative estimate of drug-likeness (QED) is 0.776. The Labute approximate surface area is 128 Å². The van der Waals surface area contributed by atoms with Gasteiger partial charge < -0.3 is 9.47 Å². The summed E-state index contributed by atoms with van der Waals surface area (Å²) >= 11 is 3.86. The molecule has 2 rings (SSSR count).